The van der Waals surface area contributed by atoms with Gasteiger partial charge in [-0.2, -0.15) is 0 Å². The first-order valence-corrected chi connectivity index (χ1v) is 8.71. The maximum absolute atomic E-state index is 4.09. The van der Waals surface area contributed by atoms with Crippen molar-refractivity contribution >= 4 is 0 Å². The number of allylic oxidation sites excluding steroid dienone is 1. The summed E-state index contributed by atoms with van der Waals surface area (Å²) < 4.78 is 0. The van der Waals surface area contributed by atoms with Crippen LogP contribution >= 0.6 is 0 Å². The van der Waals surface area contributed by atoms with Crippen molar-refractivity contribution in [3.63, 3.8) is 0 Å². The van der Waals surface area contributed by atoms with Gasteiger partial charge in [0.1, 0.15) is 0 Å². The highest BCUT2D eigenvalue weighted by Gasteiger charge is 2.30. The summed E-state index contributed by atoms with van der Waals surface area (Å²) in [7, 11) is 0. The Bertz CT molecular complexity index is 287. The number of rotatable bonds is 7. The molecule has 0 aromatic carbocycles. The second kappa shape index (κ2) is 8.22. The quantitative estimate of drug-likeness (QED) is 0.601. The summed E-state index contributed by atoms with van der Waals surface area (Å²) in [5.74, 6) is 2.77. The summed E-state index contributed by atoms with van der Waals surface area (Å²) in [4.78, 5) is 0. The fourth-order valence-electron chi connectivity index (χ4n) is 3.59. The molecule has 0 bridgehead atoms. The Morgan fingerprint density at radius 3 is 2.40 bits per heavy atom. The van der Waals surface area contributed by atoms with Gasteiger partial charge in [-0.1, -0.05) is 31.8 Å². The zero-order valence-electron chi connectivity index (χ0n) is 14.6. The van der Waals surface area contributed by atoms with E-state index >= 15 is 0 Å². The van der Waals surface area contributed by atoms with Crippen LogP contribution in [-0.4, -0.2) is 12.1 Å². The molecule has 0 aliphatic heterocycles. The third-order valence-electron chi connectivity index (χ3n) is 4.78. The lowest BCUT2D eigenvalue weighted by molar-refractivity contribution is 0.152. The number of nitrogens with one attached hydrogen (secondary N) is 1. The van der Waals surface area contributed by atoms with E-state index in [1.54, 1.807) is 0 Å². The Kier molecular flexibility index (Phi) is 7.29. The first kappa shape index (κ1) is 17.8. The van der Waals surface area contributed by atoms with Crippen molar-refractivity contribution in [3.8, 4) is 0 Å². The minimum absolute atomic E-state index is 0.249. The second-order valence-electron chi connectivity index (χ2n) is 8.11. The van der Waals surface area contributed by atoms with Gasteiger partial charge in [0.2, 0.25) is 0 Å². The summed E-state index contributed by atoms with van der Waals surface area (Å²) in [6.07, 6.45) is 9.69. The van der Waals surface area contributed by atoms with E-state index in [0.717, 1.165) is 17.8 Å². The molecule has 0 aromatic heterocycles. The van der Waals surface area contributed by atoms with E-state index in [0.29, 0.717) is 0 Å². The van der Waals surface area contributed by atoms with Crippen LogP contribution in [0.4, 0.5) is 0 Å². The SMILES string of the molecule is C=C(C)CCC1CC(CCC)CCC1CNC(C)(C)C. The highest BCUT2D eigenvalue weighted by Crippen LogP contribution is 2.38. The molecule has 0 aromatic rings. The molecule has 3 atom stereocenters. The second-order valence-corrected chi connectivity index (χ2v) is 8.11. The van der Waals surface area contributed by atoms with Crippen LogP contribution in [-0.2, 0) is 0 Å². The molecule has 1 nitrogen and oxygen atoms in total. The van der Waals surface area contributed by atoms with Crippen LogP contribution in [0.2, 0.25) is 0 Å². The van der Waals surface area contributed by atoms with Crippen LogP contribution in [0.3, 0.4) is 0 Å². The molecule has 0 radical (unpaired) electrons. The minimum Gasteiger partial charge on any atom is -0.312 e. The average Bonchev–Trinajstić information content (AvgIpc) is 2.34. The van der Waals surface area contributed by atoms with Crippen LogP contribution in [0.5, 0.6) is 0 Å². The van der Waals surface area contributed by atoms with Gasteiger partial charge in [0.15, 0.2) is 0 Å². The van der Waals surface area contributed by atoms with Crippen LogP contribution in [0, 0.1) is 17.8 Å². The van der Waals surface area contributed by atoms with E-state index in [9.17, 15) is 0 Å². The Morgan fingerprint density at radius 1 is 1.15 bits per heavy atom. The summed E-state index contributed by atoms with van der Waals surface area (Å²) >= 11 is 0. The van der Waals surface area contributed by atoms with Crippen molar-refractivity contribution in [2.75, 3.05) is 6.54 Å². The van der Waals surface area contributed by atoms with Crippen LogP contribution in [0.25, 0.3) is 0 Å². The number of hydrogen-bond donors (Lipinski definition) is 1. The summed E-state index contributed by atoms with van der Waals surface area (Å²) in [6, 6.07) is 0. The molecule has 0 heterocycles. The third-order valence-corrected chi connectivity index (χ3v) is 4.78. The third kappa shape index (κ3) is 6.92. The zero-order chi connectivity index (χ0) is 15.2. The summed E-state index contributed by atoms with van der Waals surface area (Å²) in [6.45, 7) is 16.6. The Labute approximate surface area is 127 Å². The molecule has 0 spiro atoms. The Morgan fingerprint density at radius 2 is 1.85 bits per heavy atom. The van der Waals surface area contributed by atoms with E-state index in [4.69, 9.17) is 0 Å². The molecule has 1 fully saturated rings. The van der Waals surface area contributed by atoms with Gasteiger partial charge in [-0.3, -0.25) is 0 Å². The average molecular weight is 280 g/mol. The molecule has 1 aliphatic carbocycles. The lowest BCUT2D eigenvalue weighted by atomic mass is 9.70. The fraction of sp³-hybridized carbons (Fsp3) is 0.895. The lowest BCUT2D eigenvalue weighted by Crippen LogP contribution is -2.42. The molecule has 118 valence electrons. The highest BCUT2D eigenvalue weighted by molar-refractivity contribution is 4.91. The van der Waals surface area contributed by atoms with Gasteiger partial charge >= 0.3 is 0 Å². The molecule has 1 heteroatoms. The van der Waals surface area contributed by atoms with Crippen molar-refractivity contribution in [1.29, 1.82) is 0 Å². The molecule has 1 rings (SSSR count). The van der Waals surface area contributed by atoms with Gasteiger partial charge in [0.25, 0.3) is 0 Å². The molecular weight excluding hydrogens is 242 g/mol. The zero-order valence-corrected chi connectivity index (χ0v) is 14.6. The van der Waals surface area contributed by atoms with Crippen molar-refractivity contribution in [3.05, 3.63) is 12.2 Å². The first-order chi connectivity index (χ1) is 9.31. The Balaban J connectivity index is 2.53. The van der Waals surface area contributed by atoms with E-state index in [1.165, 1.54) is 57.1 Å². The lowest BCUT2D eigenvalue weighted by Gasteiger charge is -2.38. The molecule has 1 aliphatic rings. The maximum atomic E-state index is 4.09. The van der Waals surface area contributed by atoms with E-state index in [1.807, 2.05) is 0 Å². The topological polar surface area (TPSA) is 12.0 Å². The van der Waals surface area contributed by atoms with E-state index in [-0.39, 0.29) is 5.54 Å². The predicted octanol–water partition coefficient (Wildman–Crippen LogP) is 5.56. The van der Waals surface area contributed by atoms with Crippen molar-refractivity contribution in [1.82, 2.24) is 5.32 Å². The maximum Gasteiger partial charge on any atom is 0.00966 e. The van der Waals surface area contributed by atoms with Crippen LogP contribution < -0.4 is 5.32 Å². The van der Waals surface area contributed by atoms with Gasteiger partial charge in [-0.25, -0.2) is 0 Å². The van der Waals surface area contributed by atoms with E-state index in [2.05, 4.69) is 46.5 Å². The highest BCUT2D eigenvalue weighted by atomic mass is 14.9. The van der Waals surface area contributed by atoms with Crippen LogP contribution in [0.15, 0.2) is 12.2 Å². The number of hydrogen-bond acceptors (Lipinski definition) is 1. The van der Waals surface area contributed by atoms with Gasteiger partial charge in [-0.05, 0) is 77.7 Å². The normalized spacial score (nSPS) is 27.6. The fourth-order valence-corrected chi connectivity index (χ4v) is 3.59. The van der Waals surface area contributed by atoms with Crippen LogP contribution in [0.1, 0.15) is 79.6 Å². The Hall–Kier alpha value is -0.300. The van der Waals surface area contributed by atoms with Gasteiger partial charge in [0.05, 0.1) is 0 Å². The van der Waals surface area contributed by atoms with Crippen molar-refractivity contribution < 1.29 is 0 Å². The molecule has 1 saturated carbocycles. The minimum atomic E-state index is 0.249. The van der Waals surface area contributed by atoms with Crippen molar-refractivity contribution in [2.45, 2.75) is 85.1 Å². The molecule has 20 heavy (non-hydrogen) atoms. The molecule has 1 N–H and O–H groups in total. The smallest absolute Gasteiger partial charge is 0.00966 e. The molecule has 3 unspecified atom stereocenters. The largest absolute Gasteiger partial charge is 0.312 e. The predicted molar refractivity (Wildman–Crippen MR) is 91.0 cm³/mol. The summed E-state index contributed by atoms with van der Waals surface area (Å²) in [5.41, 5.74) is 1.60. The van der Waals surface area contributed by atoms with Gasteiger partial charge in [-0.15, -0.1) is 6.58 Å². The molecule has 0 amide bonds. The molecular formula is C19H37N. The van der Waals surface area contributed by atoms with Gasteiger partial charge < -0.3 is 5.32 Å². The van der Waals surface area contributed by atoms with Gasteiger partial charge in [0, 0.05) is 5.54 Å². The van der Waals surface area contributed by atoms with E-state index < -0.39 is 0 Å². The first-order valence-electron chi connectivity index (χ1n) is 8.71. The monoisotopic (exact) mass is 279 g/mol. The van der Waals surface area contributed by atoms with Crippen molar-refractivity contribution in [2.24, 2.45) is 17.8 Å². The molecule has 0 saturated heterocycles. The summed E-state index contributed by atoms with van der Waals surface area (Å²) in [5, 5.41) is 3.73. The standard InChI is InChI=1S/C19H37N/c1-7-8-16-10-12-18(14-20-19(4,5)6)17(13-16)11-9-15(2)3/h16-18,20H,2,7-14H2,1,3-6H3.